The van der Waals surface area contributed by atoms with Crippen molar-refractivity contribution in [1.29, 1.82) is 0 Å². The Labute approximate surface area is 229 Å². The number of ether oxygens (including phenoxy) is 1. The fourth-order valence-corrected chi connectivity index (χ4v) is 5.41. The molecule has 0 spiro atoms. The normalized spacial score (nSPS) is 13.9. The predicted molar refractivity (Wildman–Crippen MR) is 155 cm³/mol. The molecule has 2 aromatic rings. The molecule has 0 fully saturated rings. The van der Waals surface area contributed by atoms with Crippen LogP contribution in [0.15, 0.2) is 12.7 Å². The summed E-state index contributed by atoms with van der Waals surface area (Å²) in [5, 5.41) is 0. The first-order valence-electron chi connectivity index (χ1n) is 14.4. The lowest BCUT2D eigenvalue weighted by atomic mass is 10.0. The molecular weight excluding hydrogens is 503 g/mol. The Kier molecular flexibility index (Phi) is 18.4. The first kappa shape index (κ1) is 34.4. The van der Waals surface area contributed by atoms with Gasteiger partial charge in [-0.2, -0.15) is 0 Å². The van der Waals surface area contributed by atoms with Crippen LogP contribution in [-0.4, -0.2) is 43.5 Å². The third-order valence-electron chi connectivity index (χ3n) is 6.70. The van der Waals surface area contributed by atoms with Crippen LogP contribution in [0.3, 0.4) is 0 Å². The third kappa shape index (κ3) is 14.5. The van der Waals surface area contributed by atoms with Crippen LogP contribution in [0.25, 0.3) is 11.2 Å². The molecule has 0 aliphatic rings. The van der Waals surface area contributed by atoms with E-state index in [1.807, 2.05) is 6.92 Å². The van der Waals surface area contributed by atoms with Crippen LogP contribution in [0.1, 0.15) is 117 Å². The van der Waals surface area contributed by atoms with Gasteiger partial charge in [-0.05, 0) is 13.3 Å². The molecule has 0 amide bonds. The van der Waals surface area contributed by atoms with E-state index in [2.05, 4.69) is 21.9 Å². The van der Waals surface area contributed by atoms with E-state index < -0.39 is 7.60 Å². The van der Waals surface area contributed by atoms with Crippen LogP contribution in [0.5, 0.6) is 0 Å². The minimum atomic E-state index is -3.77. The molecule has 0 saturated heterocycles. The van der Waals surface area contributed by atoms with Crippen molar-refractivity contribution >= 4 is 24.6 Å². The van der Waals surface area contributed by atoms with Crippen molar-refractivity contribution in [1.82, 2.24) is 25.7 Å². The van der Waals surface area contributed by atoms with Crippen LogP contribution in [0.4, 0.5) is 5.82 Å². The fraction of sp³-hybridized carbons (Fsp3) is 0.815. The van der Waals surface area contributed by atoms with E-state index in [4.69, 9.17) is 15.0 Å². The topological polar surface area (TPSA) is 160 Å². The largest absolute Gasteiger partial charge is 0.382 e. The van der Waals surface area contributed by atoms with Crippen LogP contribution in [-0.2, 0) is 20.4 Å². The van der Waals surface area contributed by atoms with Gasteiger partial charge >= 0.3 is 7.60 Å². The minimum Gasteiger partial charge on any atom is -0.382 e. The molecule has 0 radical (unpaired) electrons. The zero-order valence-electron chi connectivity index (χ0n) is 23.9. The Balaban J connectivity index is 0.00000722. The maximum Gasteiger partial charge on any atom is 0.353 e. The smallest absolute Gasteiger partial charge is 0.353 e. The van der Waals surface area contributed by atoms with Gasteiger partial charge in [0.15, 0.2) is 11.5 Å². The summed E-state index contributed by atoms with van der Waals surface area (Å²) in [5.74, 6) is 0.319. The molecule has 0 aliphatic heterocycles. The standard InChI is InChI=1S/C27H50N5O4P.H3N/c1-3-4-5-6-7-8-9-10-11-12-13-14-15-16-17-18-19-36-37(33,34)23-35-24(2)20-32-22-31-25-26(28)29-21-30-27(25)32;/h21-22,24H,3-20,23H2,1-2H3,(H,33,34)(H2,28,29,30);1H3/t24-;/m1./s1. The molecule has 0 saturated carbocycles. The van der Waals surface area contributed by atoms with Gasteiger partial charge in [-0.3, -0.25) is 4.57 Å². The number of aromatic nitrogens is 4. The summed E-state index contributed by atoms with van der Waals surface area (Å²) in [7, 11) is -3.77. The summed E-state index contributed by atoms with van der Waals surface area (Å²) in [6.45, 7) is 4.80. The molecule has 2 atom stereocenters. The van der Waals surface area contributed by atoms with Gasteiger partial charge < -0.3 is 30.6 Å². The Morgan fingerprint density at radius 3 is 1.97 bits per heavy atom. The van der Waals surface area contributed by atoms with Crippen molar-refractivity contribution in [3.05, 3.63) is 12.7 Å². The zero-order valence-corrected chi connectivity index (χ0v) is 24.8. The quantitative estimate of drug-likeness (QED) is 0.0935. The maximum atomic E-state index is 12.3. The van der Waals surface area contributed by atoms with Crippen molar-refractivity contribution in [2.24, 2.45) is 0 Å². The van der Waals surface area contributed by atoms with E-state index in [1.54, 1.807) is 10.9 Å². The monoisotopic (exact) mass is 556 g/mol. The van der Waals surface area contributed by atoms with E-state index in [0.29, 0.717) is 23.5 Å². The molecule has 2 heterocycles. The second-order valence-electron chi connectivity index (χ2n) is 10.2. The number of hydrogen-bond donors (Lipinski definition) is 3. The van der Waals surface area contributed by atoms with Crippen LogP contribution >= 0.6 is 7.60 Å². The van der Waals surface area contributed by atoms with Gasteiger partial charge in [0.1, 0.15) is 18.2 Å². The summed E-state index contributed by atoms with van der Waals surface area (Å²) in [6.07, 6.45) is 23.0. The average molecular weight is 557 g/mol. The lowest BCUT2D eigenvalue weighted by Crippen LogP contribution is -2.17. The van der Waals surface area contributed by atoms with E-state index >= 15 is 0 Å². The number of unbranched alkanes of at least 4 members (excludes halogenated alkanes) is 15. The Hall–Kier alpha value is -1.58. The van der Waals surface area contributed by atoms with Crippen molar-refractivity contribution in [3.63, 3.8) is 0 Å². The molecule has 6 N–H and O–H groups in total. The number of anilines is 1. The number of rotatable bonds is 23. The number of imidazole rings is 1. The highest BCUT2D eigenvalue weighted by Crippen LogP contribution is 2.42. The zero-order chi connectivity index (χ0) is 26.8. The lowest BCUT2D eigenvalue weighted by Gasteiger charge is -2.17. The lowest BCUT2D eigenvalue weighted by molar-refractivity contribution is 0.0715. The summed E-state index contributed by atoms with van der Waals surface area (Å²) in [4.78, 5) is 22.4. The highest BCUT2D eigenvalue weighted by molar-refractivity contribution is 7.52. The molecule has 0 aromatic carbocycles. The molecule has 1 unspecified atom stereocenters. The fourth-order valence-electron chi connectivity index (χ4n) is 4.48. The molecule has 38 heavy (non-hydrogen) atoms. The Morgan fingerprint density at radius 1 is 0.895 bits per heavy atom. The van der Waals surface area contributed by atoms with Gasteiger partial charge in [-0.25, -0.2) is 15.0 Å². The maximum absolute atomic E-state index is 12.3. The number of nitrogen functional groups attached to an aromatic ring is 1. The Morgan fingerprint density at radius 2 is 1.42 bits per heavy atom. The second kappa shape index (κ2) is 20.3. The van der Waals surface area contributed by atoms with Crippen molar-refractivity contribution in [2.45, 2.75) is 129 Å². The summed E-state index contributed by atoms with van der Waals surface area (Å²) < 4.78 is 24.9. The first-order chi connectivity index (χ1) is 17.9. The minimum absolute atomic E-state index is 0. The molecule has 2 aromatic heterocycles. The molecule has 2 rings (SSSR count). The van der Waals surface area contributed by atoms with Gasteiger partial charge in [0.25, 0.3) is 0 Å². The molecule has 0 bridgehead atoms. The highest BCUT2D eigenvalue weighted by atomic mass is 31.2. The summed E-state index contributed by atoms with van der Waals surface area (Å²) in [5.41, 5.74) is 6.95. The van der Waals surface area contributed by atoms with Gasteiger partial charge in [0.05, 0.1) is 25.6 Å². The summed E-state index contributed by atoms with van der Waals surface area (Å²) in [6, 6.07) is 0. The van der Waals surface area contributed by atoms with Crippen molar-refractivity contribution in [3.8, 4) is 0 Å². The number of nitrogens with zero attached hydrogens (tertiary/aromatic N) is 4. The highest BCUT2D eigenvalue weighted by Gasteiger charge is 2.21. The van der Waals surface area contributed by atoms with Gasteiger partial charge in [0.2, 0.25) is 0 Å². The summed E-state index contributed by atoms with van der Waals surface area (Å²) >= 11 is 0. The molecule has 10 nitrogen and oxygen atoms in total. The molecular formula is C27H53N6O4P. The first-order valence-corrected chi connectivity index (χ1v) is 16.2. The second-order valence-corrected chi connectivity index (χ2v) is 12.0. The van der Waals surface area contributed by atoms with E-state index in [0.717, 1.165) is 19.3 Å². The van der Waals surface area contributed by atoms with Gasteiger partial charge in [-0.15, -0.1) is 0 Å². The van der Waals surface area contributed by atoms with E-state index in [1.165, 1.54) is 89.8 Å². The molecule has 220 valence electrons. The number of nitrogens with two attached hydrogens (primary N) is 1. The SMILES string of the molecule is CCCCCCCCCCCCCCCCCCOP(=O)(O)CO[C@H](C)Cn1cnc2c(N)ncnc21.N. The van der Waals surface area contributed by atoms with Crippen LogP contribution in [0.2, 0.25) is 0 Å². The van der Waals surface area contributed by atoms with Crippen LogP contribution < -0.4 is 11.9 Å². The third-order valence-corrected chi connectivity index (χ3v) is 7.76. The Bertz CT molecular complexity index is 913. The van der Waals surface area contributed by atoms with Crippen molar-refractivity contribution < 1.29 is 18.7 Å². The van der Waals surface area contributed by atoms with E-state index in [-0.39, 0.29) is 25.2 Å². The number of fused-ring (bicyclic) bond motifs is 1. The average Bonchev–Trinajstić information content (AvgIpc) is 3.28. The van der Waals surface area contributed by atoms with E-state index in [9.17, 15) is 9.46 Å². The van der Waals surface area contributed by atoms with Gasteiger partial charge in [-0.1, -0.05) is 103 Å². The molecule has 11 heteroatoms. The molecule has 0 aliphatic carbocycles. The van der Waals surface area contributed by atoms with Crippen LogP contribution in [0, 0.1) is 0 Å². The van der Waals surface area contributed by atoms with Gasteiger partial charge in [0, 0.05) is 0 Å². The predicted octanol–water partition coefficient (Wildman–Crippen LogP) is 7.40. The van der Waals surface area contributed by atoms with Crippen molar-refractivity contribution in [2.75, 3.05) is 18.7 Å². The number of hydrogen-bond acceptors (Lipinski definition) is 8.